The number of carbonyl (C=O) groups excluding carboxylic acids is 1. The van der Waals surface area contributed by atoms with Crippen molar-refractivity contribution in [2.45, 2.75) is 35.6 Å². The fraction of sp³-hybridized carbons (Fsp3) is 0.346. The molecule has 0 N–H and O–H groups in total. The molecule has 2 atom stereocenters. The van der Waals surface area contributed by atoms with Crippen LogP contribution < -0.4 is 4.74 Å². The van der Waals surface area contributed by atoms with Crippen LogP contribution in [0.15, 0.2) is 70.5 Å². The second-order valence-corrected chi connectivity index (χ2v) is 10.3. The zero-order valence-electron chi connectivity index (χ0n) is 19.2. The molecule has 0 aliphatic carbocycles. The fourth-order valence-corrected chi connectivity index (χ4v) is 6.09. The van der Waals surface area contributed by atoms with Crippen LogP contribution in [0.1, 0.15) is 31.4 Å². The molecule has 0 spiro atoms. The molecule has 0 saturated carbocycles. The first-order valence-electron chi connectivity index (χ1n) is 11.1. The highest BCUT2D eigenvalue weighted by atomic mass is 32.2. The highest BCUT2D eigenvalue weighted by molar-refractivity contribution is 7.91. The van der Waals surface area contributed by atoms with Crippen LogP contribution in [-0.4, -0.2) is 46.6 Å². The zero-order valence-corrected chi connectivity index (χ0v) is 20.0. The van der Waals surface area contributed by atoms with Crippen molar-refractivity contribution in [2.75, 3.05) is 27.3 Å². The van der Waals surface area contributed by atoms with E-state index < -0.39 is 9.84 Å². The van der Waals surface area contributed by atoms with E-state index in [2.05, 4.69) is 4.90 Å². The molecular formula is C26H29NO5S. The van der Waals surface area contributed by atoms with Gasteiger partial charge in [-0.3, -0.25) is 9.69 Å². The average Bonchev–Trinajstić information content (AvgIpc) is 2.84. The van der Waals surface area contributed by atoms with Crippen molar-refractivity contribution in [1.82, 2.24) is 4.90 Å². The summed E-state index contributed by atoms with van der Waals surface area (Å²) >= 11 is 0. The first-order valence-corrected chi connectivity index (χ1v) is 12.6. The molecule has 174 valence electrons. The van der Waals surface area contributed by atoms with Gasteiger partial charge in [-0.2, -0.15) is 0 Å². The number of methoxy groups -OCH3 is 1. The second kappa shape index (κ2) is 9.53. The number of carbonyl (C=O) groups is 1. The molecule has 1 saturated heterocycles. The summed E-state index contributed by atoms with van der Waals surface area (Å²) in [5.41, 5.74) is 1.02. The van der Waals surface area contributed by atoms with Gasteiger partial charge in [-0.1, -0.05) is 30.3 Å². The summed E-state index contributed by atoms with van der Waals surface area (Å²) in [5.74, 6) is 0.289. The molecule has 1 fully saturated rings. The molecule has 3 aromatic rings. The Hall–Kier alpha value is -2.90. The highest BCUT2D eigenvalue weighted by Gasteiger charge is 2.33. The summed E-state index contributed by atoms with van der Waals surface area (Å²) in [6, 6.07) is 17.6. The van der Waals surface area contributed by atoms with E-state index >= 15 is 0 Å². The molecular weight excluding hydrogens is 438 g/mol. The van der Waals surface area contributed by atoms with E-state index in [1.807, 2.05) is 44.3 Å². The van der Waals surface area contributed by atoms with E-state index in [0.29, 0.717) is 24.2 Å². The van der Waals surface area contributed by atoms with Crippen LogP contribution in [0.25, 0.3) is 10.8 Å². The largest absolute Gasteiger partial charge is 0.497 e. The normalized spacial score (nSPS) is 19.4. The second-order valence-electron chi connectivity index (χ2n) is 8.35. The maximum atomic E-state index is 13.5. The van der Waals surface area contributed by atoms with Crippen molar-refractivity contribution in [2.24, 2.45) is 5.92 Å². The molecule has 0 bridgehead atoms. The smallest absolute Gasteiger partial charge is 0.309 e. The monoisotopic (exact) mass is 467 g/mol. The third kappa shape index (κ3) is 4.48. The van der Waals surface area contributed by atoms with Gasteiger partial charge < -0.3 is 9.47 Å². The Bertz CT molecular complexity index is 1250. The SMILES string of the molecule is CCOC(=O)C1CCN(C)C(c2ccc(S(=O)(=O)c3ccc(OC)cc3)c3ccccc23)C1. The minimum atomic E-state index is -3.73. The number of likely N-dealkylation sites (tertiary alicyclic amines) is 1. The topological polar surface area (TPSA) is 72.9 Å². The molecule has 3 aromatic carbocycles. The van der Waals surface area contributed by atoms with Gasteiger partial charge in [-0.15, -0.1) is 0 Å². The minimum Gasteiger partial charge on any atom is -0.497 e. The third-order valence-corrected chi connectivity index (χ3v) is 8.25. The minimum absolute atomic E-state index is 0.00389. The van der Waals surface area contributed by atoms with E-state index in [9.17, 15) is 13.2 Å². The number of nitrogens with zero attached hydrogens (tertiary/aromatic N) is 1. The van der Waals surface area contributed by atoms with Crippen molar-refractivity contribution < 1.29 is 22.7 Å². The first-order chi connectivity index (χ1) is 15.9. The number of ether oxygens (including phenoxy) is 2. The number of hydrogen-bond donors (Lipinski definition) is 0. The van der Waals surface area contributed by atoms with Crippen LogP contribution in [0, 0.1) is 5.92 Å². The number of rotatable bonds is 6. The standard InChI is InChI=1S/C26H29NO5S/c1-4-32-26(28)18-15-16-27(2)24(17-18)22-13-14-25(23-8-6-5-7-21(22)23)33(29,30)20-11-9-19(31-3)10-12-20/h5-14,18,24H,4,15-17H2,1-3H3. The molecule has 1 aliphatic heterocycles. The van der Waals surface area contributed by atoms with Crippen LogP contribution in [-0.2, 0) is 19.4 Å². The lowest BCUT2D eigenvalue weighted by molar-refractivity contribution is -0.150. The van der Waals surface area contributed by atoms with E-state index in [0.717, 1.165) is 23.9 Å². The van der Waals surface area contributed by atoms with Gasteiger partial charge in [0.1, 0.15) is 5.75 Å². The van der Waals surface area contributed by atoms with Gasteiger partial charge in [-0.05, 0) is 74.6 Å². The van der Waals surface area contributed by atoms with E-state index in [4.69, 9.17) is 9.47 Å². The number of fused-ring (bicyclic) bond motifs is 1. The summed E-state index contributed by atoms with van der Waals surface area (Å²) in [6.45, 7) is 2.96. The molecule has 0 radical (unpaired) electrons. The van der Waals surface area contributed by atoms with Gasteiger partial charge in [0.2, 0.25) is 9.84 Å². The van der Waals surface area contributed by atoms with Crippen molar-refractivity contribution in [3.63, 3.8) is 0 Å². The quantitative estimate of drug-likeness (QED) is 0.492. The van der Waals surface area contributed by atoms with Crippen molar-refractivity contribution in [1.29, 1.82) is 0 Å². The first kappa shape index (κ1) is 23.3. The number of hydrogen-bond acceptors (Lipinski definition) is 6. The Kier molecular flexibility index (Phi) is 6.72. The summed E-state index contributed by atoms with van der Waals surface area (Å²) in [6.07, 6.45) is 1.40. The van der Waals surface area contributed by atoms with Crippen LogP contribution in [0.4, 0.5) is 0 Å². The lowest BCUT2D eigenvalue weighted by atomic mass is 9.85. The van der Waals surface area contributed by atoms with Crippen LogP contribution >= 0.6 is 0 Å². The highest BCUT2D eigenvalue weighted by Crippen LogP contribution is 2.39. The molecule has 6 nitrogen and oxygen atoms in total. The van der Waals surface area contributed by atoms with Crippen LogP contribution in [0.2, 0.25) is 0 Å². The van der Waals surface area contributed by atoms with Gasteiger partial charge >= 0.3 is 5.97 Å². The van der Waals surface area contributed by atoms with Crippen LogP contribution in [0.5, 0.6) is 5.75 Å². The molecule has 1 heterocycles. The molecule has 33 heavy (non-hydrogen) atoms. The lowest BCUT2D eigenvalue weighted by Crippen LogP contribution is -2.37. The van der Waals surface area contributed by atoms with Gasteiger partial charge in [0.25, 0.3) is 0 Å². The van der Waals surface area contributed by atoms with E-state index in [-0.39, 0.29) is 27.7 Å². The molecule has 0 aromatic heterocycles. The van der Waals surface area contributed by atoms with Gasteiger partial charge in [0, 0.05) is 11.4 Å². The summed E-state index contributed by atoms with van der Waals surface area (Å²) in [4.78, 5) is 15.1. The maximum Gasteiger partial charge on any atom is 0.309 e. The Balaban J connectivity index is 1.77. The van der Waals surface area contributed by atoms with Crippen molar-refractivity contribution in [3.8, 4) is 5.75 Å². The Morgan fingerprint density at radius 2 is 1.73 bits per heavy atom. The summed E-state index contributed by atoms with van der Waals surface area (Å²) < 4.78 is 37.4. The maximum absolute atomic E-state index is 13.5. The Labute approximate surface area is 195 Å². The van der Waals surface area contributed by atoms with E-state index in [1.165, 1.54) is 0 Å². The summed E-state index contributed by atoms with van der Waals surface area (Å²) in [7, 11) is -0.136. The van der Waals surface area contributed by atoms with E-state index in [1.54, 1.807) is 37.4 Å². The summed E-state index contributed by atoms with van der Waals surface area (Å²) in [5, 5.41) is 1.56. The average molecular weight is 468 g/mol. The molecule has 2 unspecified atom stereocenters. The Morgan fingerprint density at radius 1 is 1.03 bits per heavy atom. The van der Waals surface area contributed by atoms with Gasteiger partial charge in [0.15, 0.2) is 0 Å². The molecule has 0 amide bonds. The predicted octanol–water partition coefficient (Wildman–Crippen LogP) is 4.63. The number of esters is 1. The predicted molar refractivity (Wildman–Crippen MR) is 127 cm³/mol. The van der Waals surface area contributed by atoms with Crippen LogP contribution in [0.3, 0.4) is 0 Å². The third-order valence-electron chi connectivity index (χ3n) is 6.43. The van der Waals surface area contributed by atoms with Gasteiger partial charge in [0.05, 0.1) is 29.4 Å². The number of benzene rings is 3. The molecule has 4 rings (SSSR count). The number of sulfone groups is 1. The molecule has 1 aliphatic rings. The zero-order chi connectivity index (χ0) is 23.6. The van der Waals surface area contributed by atoms with Crippen molar-refractivity contribution in [3.05, 3.63) is 66.2 Å². The lowest BCUT2D eigenvalue weighted by Gasteiger charge is -2.37. The number of piperidine rings is 1. The Morgan fingerprint density at radius 3 is 2.39 bits per heavy atom. The van der Waals surface area contributed by atoms with Crippen molar-refractivity contribution >= 4 is 26.6 Å². The fourth-order valence-electron chi connectivity index (χ4n) is 4.62. The van der Waals surface area contributed by atoms with Gasteiger partial charge in [-0.25, -0.2) is 8.42 Å². The molecule has 7 heteroatoms.